The van der Waals surface area contributed by atoms with E-state index in [-0.39, 0.29) is 34.8 Å². The van der Waals surface area contributed by atoms with Crippen LogP contribution in [0.5, 0.6) is 11.5 Å². The molecule has 0 aliphatic heterocycles. The summed E-state index contributed by atoms with van der Waals surface area (Å²) < 4.78 is 39.9. The Bertz CT molecular complexity index is 1610. The summed E-state index contributed by atoms with van der Waals surface area (Å²) >= 11 is 18.7. The average Bonchev–Trinajstić information content (AvgIpc) is 3.03. The first-order valence-electron chi connectivity index (χ1n) is 14.5. The van der Waals surface area contributed by atoms with Gasteiger partial charge in [0.15, 0.2) is 11.5 Å². The molecule has 1 unspecified atom stereocenters. The Labute approximate surface area is 279 Å². The second-order valence-electron chi connectivity index (χ2n) is 10.8. The zero-order valence-corrected chi connectivity index (χ0v) is 28.3. The molecule has 1 fully saturated rings. The van der Waals surface area contributed by atoms with Gasteiger partial charge >= 0.3 is 0 Å². The van der Waals surface area contributed by atoms with Crippen LogP contribution in [0.4, 0.5) is 5.69 Å². The fourth-order valence-electron chi connectivity index (χ4n) is 5.23. The molecule has 4 rings (SSSR count). The van der Waals surface area contributed by atoms with Gasteiger partial charge in [-0.25, -0.2) is 8.42 Å². The molecule has 1 aliphatic carbocycles. The Morgan fingerprint density at radius 1 is 0.889 bits per heavy atom. The fourth-order valence-corrected chi connectivity index (χ4v) is 7.25. The number of hydrogen-bond donors (Lipinski definition) is 1. The summed E-state index contributed by atoms with van der Waals surface area (Å²) in [6, 6.07) is 14.2. The highest BCUT2D eigenvalue weighted by Crippen LogP contribution is 2.33. The van der Waals surface area contributed by atoms with Crippen molar-refractivity contribution in [2.75, 3.05) is 25.1 Å². The summed E-state index contributed by atoms with van der Waals surface area (Å²) in [5.41, 5.74) is 0.749. The minimum absolute atomic E-state index is 0.0146. The van der Waals surface area contributed by atoms with Gasteiger partial charge in [-0.15, -0.1) is 0 Å². The number of halogens is 3. The van der Waals surface area contributed by atoms with Crippen LogP contribution >= 0.6 is 34.8 Å². The van der Waals surface area contributed by atoms with Gasteiger partial charge < -0.3 is 19.7 Å². The summed E-state index contributed by atoms with van der Waals surface area (Å²) in [7, 11) is -1.51. The second kappa shape index (κ2) is 15.4. The molecule has 0 radical (unpaired) electrons. The zero-order chi connectivity index (χ0) is 32.7. The Morgan fingerprint density at radius 2 is 1.53 bits per heavy atom. The van der Waals surface area contributed by atoms with E-state index in [9.17, 15) is 18.0 Å². The summed E-state index contributed by atoms with van der Waals surface area (Å²) in [5.74, 6) is -0.408. The molecule has 0 saturated heterocycles. The number of sulfonamides is 1. The first-order valence-corrected chi connectivity index (χ1v) is 17.1. The first kappa shape index (κ1) is 34.7. The predicted molar refractivity (Wildman–Crippen MR) is 177 cm³/mol. The van der Waals surface area contributed by atoms with Crippen LogP contribution in [-0.2, 0) is 26.2 Å². The van der Waals surface area contributed by atoms with E-state index in [0.29, 0.717) is 26.4 Å². The van der Waals surface area contributed by atoms with Gasteiger partial charge in [0.05, 0.1) is 24.8 Å². The number of carbonyl (C=O) groups excluding carboxylic acids is 2. The van der Waals surface area contributed by atoms with Crippen LogP contribution in [-0.4, -0.2) is 58.0 Å². The van der Waals surface area contributed by atoms with Crippen LogP contribution in [0.2, 0.25) is 15.1 Å². The summed E-state index contributed by atoms with van der Waals surface area (Å²) in [6.45, 7) is 0.943. The molecule has 2 amide bonds. The van der Waals surface area contributed by atoms with E-state index < -0.39 is 28.5 Å². The standard InChI is InChI=1S/C32H36Cl3N3O6S/c1-21(32(40)36-25-7-5-4-6-8-25)37(19-22-9-10-24(34)17-28(22)35)31(39)20-38(26-13-11-23(33)12-14-26)45(41,42)27-15-16-29(43-2)30(18-27)44-3/h9-18,21,25H,4-8,19-20H2,1-3H3,(H,36,40). The topological polar surface area (TPSA) is 105 Å². The predicted octanol–water partition coefficient (Wildman–Crippen LogP) is 6.73. The minimum Gasteiger partial charge on any atom is -0.493 e. The van der Waals surface area contributed by atoms with E-state index in [2.05, 4.69) is 5.32 Å². The maximum atomic E-state index is 14.2. The van der Waals surface area contributed by atoms with E-state index in [1.807, 2.05) is 0 Å². The van der Waals surface area contributed by atoms with Crippen LogP contribution in [0.3, 0.4) is 0 Å². The lowest BCUT2D eigenvalue weighted by molar-refractivity contribution is -0.139. The molecular formula is C32H36Cl3N3O6S. The highest BCUT2D eigenvalue weighted by atomic mass is 35.5. The molecule has 45 heavy (non-hydrogen) atoms. The van der Waals surface area contributed by atoms with Gasteiger partial charge in [-0.2, -0.15) is 0 Å². The van der Waals surface area contributed by atoms with Gasteiger partial charge in [0.2, 0.25) is 11.8 Å². The van der Waals surface area contributed by atoms with Crippen molar-refractivity contribution in [1.82, 2.24) is 10.2 Å². The third kappa shape index (κ3) is 8.55. The summed E-state index contributed by atoms with van der Waals surface area (Å²) in [6.07, 6.45) is 4.89. The Hall–Kier alpha value is -3.18. The highest BCUT2D eigenvalue weighted by Gasteiger charge is 2.34. The maximum absolute atomic E-state index is 14.2. The molecule has 13 heteroatoms. The summed E-state index contributed by atoms with van der Waals surface area (Å²) in [4.78, 5) is 28.9. The minimum atomic E-state index is -4.35. The van der Waals surface area contributed by atoms with Crippen LogP contribution in [0.1, 0.15) is 44.6 Å². The van der Waals surface area contributed by atoms with Crippen LogP contribution in [0.15, 0.2) is 65.6 Å². The first-order chi connectivity index (χ1) is 21.4. The normalized spacial score (nSPS) is 14.4. The molecule has 1 aliphatic rings. The van der Waals surface area contributed by atoms with Crippen molar-refractivity contribution < 1.29 is 27.5 Å². The van der Waals surface area contributed by atoms with Gasteiger partial charge in [0.1, 0.15) is 12.6 Å². The number of hydrogen-bond acceptors (Lipinski definition) is 6. The zero-order valence-electron chi connectivity index (χ0n) is 25.3. The molecule has 3 aromatic rings. The van der Waals surface area contributed by atoms with Gasteiger partial charge in [-0.3, -0.25) is 13.9 Å². The second-order valence-corrected chi connectivity index (χ2v) is 13.9. The fraction of sp³-hybridized carbons (Fsp3) is 0.375. The van der Waals surface area contributed by atoms with Gasteiger partial charge in [0.25, 0.3) is 10.0 Å². The van der Waals surface area contributed by atoms with E-state index in [0.717, 1.165) is 36.4 Å². The molecule has 0 bridgehead atoms. The number of nitrogens with zero attached hydrogens (tertiary/aromatic N) is 2. The number of ether oxygens (including phenoxy) is 2. The molecule has 1 N–H and O–H groups in total. The smallest absolute Gasteiger partial charge is 0.264 e. The number of amides is 2. The van der Waals surface area contributed by atoms with Crippen molar-refractivity contribution in [3.63, 3.8) is 0 Å². The van der Waals surface area contributed by atoms with Crippen molar-refractivity contribution in [1.29, 1.82) is 0 Å². The molecule has 1 saturated carbocycles. The van der Waals surface area contributed by atoms with E-state index in [1.54, 1.807) is 25.1 Å². The molecule has 3 aromatic carbocycles. The molecule has 0 spiro atoms. The molecule has 0 aromatic heterocycles. The molecule has 0 heterocycles. The van der Waals surface area contributed by atoms with Crippen molar-refractivity contribution in [3.8, 4) is 11.5 Å². The van der Waals surface area contributed by atoms with E-state index in [1.165, 1.54) is 61.6 Å². The highest BCUT2D eigenvalue weighted by molar-refractivity contribution is 7.92. The lowest BCUT2D eigenvalue weighted by Crippen LogP contribution is -2.53. The third-order valence-electron chi connectivity index (χ3n) is 7.81. The lowest BCUT2D eigenvalue weighted by Gasteiger charge is -2.33. The number of nitrogens with one attached hydrogen (secondary N) is 1. The van der Waals surface area contributed by atoms with Crippen molar-refractivity contribution in [2.45, 2.75) is 62.6 Å². The molecular weight excluding hydrogens is 661 g/mol. The van der Waals surface area contributed by atoms with E-state index in [4.69, 9.17) is 44.3 Å². The Kier molecular flexibility index (Phi) is 11.9. The van der Waals surface area contributed by atoms with Crippen molar-refractivity contribution >= 4 is 62.3 Å². The van der Waals surface area contributed by atoms with Crippen molar-refractivity contribution in [3.05, 3.63) is 81.3 Å². The van der Waals surface area contributed by atoms with Crippen LogP contribution in [0, 0.1) is 0 Å². The van der Waals surface area contributed by atoms with Gasteiger partial charge in [0, 0.05) is 33.7 Å². The largest absolute Gasteiger partial charge is 0.493 e. The third-order valence-corrected chi connectivity index (χ3v) is 10.4. The number of carbonyl (C=O) groups is 2. The lowest BCUT2D eigenvalue weighted by atomic mass is 9.95. The quantitative estimate of drug-likeness (QED) is 0.225. The molecule has 1 atom stereocenters. The van der Waals surface area contributed by atoms with Crippen LogP contribution in [0.25, 0.3) is 0 Å². The molecule has 9 nitrogen and oxygen atoms in total. The molecule has 242 valence electrons. The Morgan fingerprint density at radius 3 is 2.16 bits per heavy atom. The number of rotatable bonds is 12. The number of benzene rings is 3. The van der Waals surface area contributed by atoms with Gasteiger partial charge in [-0.05, 0) is 73.9 Å². The monoisotopic (exact) mass is 695 g/mol. The average molecular weight is 697 g/mol. The number of anilines is 1. The van der Waals surface area contributed by atoms with Crippen molar-refractivity contribution in [2.24, 2.45) is 0 Å². The van der Waals surface area contributed by atoms with Crippen LogP contribution < -0.4 is 19.1 Å². The summed E-state index contributed by atoms with van der Waals surface area (Å²) in [5, 5.41) is 4.19. The maximum Gasteiger partial charge on any atom is 0.264 e. The van der Waals surface area contributed by atoms with Gasteiger partial charge in [-0.1, -0.05) is 60.1 Å². The SMILES string of the molecule is COc1ccc(S(=O)(=O)N(CC(=O)N(Cc2ccc(Cl)cc2Cl)C(C)C(=O)NC2CCCCC2)c2ccc(Cl)cc2)cc1OC. The van der Waals surface area contributed by atoms with E-state index >= 15 is 0 Å². The Balaban J connectivity index is 1.72. The number of methoxy groups -OCH3 is 2.